The van der Waals surface area contributed by atoms with Crippen molar-refractivity contribution < 1.29 is 9.90 Å². The van der Waals surface area contributed by atoms with Crippen LogP contribution in [0, 0.1) is 5.92 Å². The van der Waals surface area contributed by atoms with E-state index in [1.807, 2.05) is 12.1 Å². The first-order valence-corrected chi connectivity index (χ1v) is 6.69. The summed E-state index contributed by atoms with van der Waals surface area (Å²) in [5.74, 6) is -0.121. The van der Waals surface area contributed by atoms with E-state index < -0.39 is 5.97 Å². The van der Waals surface area contributed by atoms with Crippen LogP contribution in [0.15, 0.2) is 22.7 Å². The predicted octanol–water partition coefficient (Wildman–Crippen LogP) is 3.38. The molecule has 1 aliphatic heterocycles. The number of nitrogens with zero attached hydrogens (tertiary/aromatic N) is 1. The normalized spacial score (nSPS) is 19.6. The molecule has 0 radical (unpaired) electrons. The van der Waals surface area contributed by atoms with Crippen molar-refractivity contribution in [3.63, 3.8) is 0 Å². The van der Waals surface area contributed by atoms with Crippen molar-refractivity contribution in [2.75, 3.05) is 18.0 Å². The minimum atomic E-state index is -0.892. The molecule has 1 N–H and O–H groups in total. The van der Waals surface area contributed by atoms with Gasteiger partial charge in [0, 0.05) is 23.2 Å². The first kappa shape index (κ1) is 12.4. The first-order chi connectivity index (χ1) is 8.11. The lowest BCUT2D eigenvalue weighted by molar-refractivity contribution is 0.0696. The average molecular weight is 298 g/mol. The van der Waals surface area contributed by atoms with E-state index in [0.717, 1.165) is 24.7 Å². The van der Waals surface area contributed by atoms with Crippen LogP contribution < -0.4 is 4.90 Å². The monoisotopic (exact) mass is 297 g/mol. The van der Waals surface area contributed by atoms with Crippen molar-refractivity contribution in [3.8, 4) is 0 Å². The molecule has 17 heavy (non-hydrogen) atoms. The molecule has 1 atom stereocenters. The number of hydrogen-bond acceptors (Lipinski definition) is 2. The molecule has 0 saturated carbocycles. The van der Waals surface area contributed by atoms with Crippen molar-refractivity contribution in [1.82, 2.24) is 0 Å². The summed E-state index contributed by atoms with van der Waals surface area (Å²) in [6.45, 7) is 4.37. The molecule has 1 aromatic carbocycles. The van der Waals surface area contributed by atoms with Crippen LogP contribution in [0.1, 0.15) is 30.1 Å². The quantitative estimate of drug-likeness (QED) is 0.930. The molecule has 2 rings (SSSR count). The Labute approximate surface area is 110 Å². The molecule has 1 saturated heterocycles. The van der Waals surface area contributed by atoms with E-state index in [-0.39, 0.29) is 0 Å². The molecule has 0 aliphatic carbocycles. The second-order valence-electron chi connectivity index (χ2n) is 4.48. The number of halogens is 1. The standard InChI is InChI=1S/C13H16BrNO2/c1-2-9-5-6-15(8-9)10-3-4-11(13(16)17)12(14)7-10/h3-4,7,9H,2,5-6,8H2,1H3,(H,16,17). The fourth-order valence-corrected chi connectivity index (χ4v) is 2.81. The van der Waals surface area contributed by atoms with E-state index in [9.17, 15) is 4.79 Å². The predicted molar refractivity (Wildman–Crippen MR) is 71.7 cm³/mol. The van der Waals surface area contributed by atoms with E-state index >= 15 is 0 Å². The summed E-state index contributed by atoms with van der Waals surface area (Å²) in [4.78, 5) is 13.2. The van der Waals surface area contributed by atoms with Gasteiger partial charge in [0.25, 0.3) is 0 Å². The molecule has 0 amide bonds. The van der Waals surface area contributed by atoms with Crippen molar-refractivity contribution in [2.45, 2.75) is 19.8 Å². The van der Waals surface area contributed by atoms with Gasteiger partial charge < -0.3 is 10.0 Å². The minimum absolute atomic E-state index is 0.319. The number of anilines is 1. The molecule has 1 fully saturated rings. The highest BCUT2D eigenvalue weighted by Gasteiger charge is 2.21. The van der Waals surface area contributed by atoms with Crippen LogP contribution in [0.4, 0.5) is 5.69 Å². The maximum Gasteiger partial charge on any atom is 0.336 e. The Balaban J connectivity index is 2.18. The van der Waals surface area contributed by atoms with Gasteiger partial charge in [0.05, 0.1) is 5.56 Å². The second-order valence-corrected chi connectivity index (χ2v) is 5.33. The molecule has 0 spiro atoms. The topological polar surface area (TPSA) is 40.5 Å². The summed E-state index contributed by atoms with van der Waals surface area (Å²) < 4.78 is 0.655. The number of carboxylic acid groups (broad SMARTS) is 1. The summed E-state index contributed by atoms with van der Waals surface area (Å²) in [5.41, 5.74) is 1.43. The summed E-state index contributed by atoms with van der Waals surface area (Å²) >= 11 is 3.32. The van der Waals surface area contributed by atoms with Gasteiger partial charge in [-0.1, -0.05) is 13.3 Å². The lowest BCUT2D eigenvalue weighted by Gasteiger charge is -2.19. The van der Waals surface area contributed by atoms with Crippen LogP contribution in [0.2, 0.25) is 0 Å². The number of rotatable bonds is 3. The summed E-state index contributed by atoms with van der Waals surface area (Å²) in [6.07, 6.45) is 2.44. The van der Waals surface area contributed by atoms with Gasteiger partial charge in [0.2, 0.25) is 0 Å². The van der Waals surface area contributed by atoms with Crippen LogP contribution in [0.5, 0.6) is 0 Å². The molecule has 3 nitrogen and oxygen atoms in total. The zero-order chi connectivity index (χ0) is 12.4. The summed E-state index contributed by atoms with van der Waals surface area (Å²) in [7, 11) is 0. The van der Waals surface area contributed by atoms with Gasteiger partial charge in [-0.3, -0.25) is 0 Å². The van der Waals surface area contributed by atoms with E-state index in [2.05, 4.69) is 27.8 Å². The molecule has 0 aromatic heterocycles. The van der Waals surface area contributed by atoms with Gasteiger partial charge in [-0.25, -0.2) is 4.79 Å². The van der Waals surface area contributed by atoms with Crippen LogP contribution >= 0.6 is 15.9 Å². The maximum absolute atomic E-state index is 10.9. The third kappa shape index (κ3) is 2.63. The molecule has 1 unspecified atom stereocenters. The van der Waals surface area contributed by atoms with Gasteiger partial charge in [-0.2, -0.15) is 0 Å². The molecule has 1 aliphatic rings. The molecule has 0 bridgehead atoms. The Bertz CT molecular complexity index is 433. The number of carboxylic acids is 1. The lowest BCUT2D eigenvalue weighted by Crippen LogP contribution is -2.19. The van der Waals surface area contributed by atoms with Crippen molar-refractivity contribution in [3.05, 3.63) is 28.2 Å². The van der Waals surface area contributed by atoms with E-state index in [4.69, 9.17) is 5.11 Å². The number of benzene rings is 1. The molecular formula is C13H16BrNO2. The second kappa shape index (κ2) is 5.08. The van der Waals surface area contributed by atoms with Gasteiger partial charge in [0.1, 0.15) is 0 Å². The zero-order valence-electron chi connectivity index (χ0n) is 9.82. The van der Waals surface area contributed by atoms with E-state index in [0.29, 0.717) is 10.0 Å². The minimum Gasteiger partial charge on any atom is -0.478 e. The van der Waals surface area contributed by atoms with Gasteiger partial charge in [0.15, 0.2) is 0 Å². The Hall–Kier alpha value is -1.03. The first-order valence-electron chi connectivity index (χ1n) is 5.89. The van der Waals surface area contributed by atoms with Gasteiger partial charge >= 0.3 is 5.97 Å². The fourth-order valence-electron chi connectivity index (χ4n) is 2.27. The smallest absolute Gasteiger partial charge is 0.336 e. The van der Waals surface area contributed by atoms with Crippen LogP contribution in [-0.2, 0) is 0 Å². The summed E-state index contributed by atoms with van der Waals surface area (Å²) in [5, 5.41) is 8.96. The summed E-state index contributed by atoms with van der Waals surface area (Å²) in [6, 6.07) is 5.47. The van der Waals surface area contributed by atoms with Crippen LogP contribution in [0.25, 0.3) is 0 Å². The highest BCUT2D eigenvalue weighted by atomic mass is 79.9. The Morgan fingerprint density at radius 1 is 1.59 bits per heavy atom. The molecule has 1 heterocycles. The van der Waals surface area contributed by atoms with Crippen molar-refractivity contribution >= 4 is 27.6 Å². The molecular weight excluding hydrogens is 282 g/mol. The number of aromatic carboxylic acids is 1. The average Bonchev–Trinajstić information content (AvgIpc) is 2.76. The number of carbonyl (C=O) groups is 1. The highest BCUT2D eigenvalue weighted by molar-refractivity contribution is 9.10. The fraction of sp³-hybridized carbons (Fsp3) is 0.462. The third-order valence-corrected chi connectivity index (χ3v) is 4.07. The highest BCUT2D eigenvalue weighted by Crippen LogP contribution is 2.29. The van der Waals surface area contributed by atoms with Crippen LogP contribution in [-0.4, -0.2) is 24.2 Å². The van der Waals surface area contributed by atoms with Crippen molar-refractivity contribution in [1.29, 1.82) is 0 Å². The third-order valence-electron chi connectivity index (χ3n) is 3.41. The van der Waals surface area contributed by atoms with Crippen molar-refractivity contribution in [2.24, 2.45) is 5.92 Å². The lowest BCUT2D eigenvalue weighted by atomic mass is 10.1. The Kier molecular flexibility index (Phi) is 3.72. The van der Waals surface area contributed by atoms with Gasteiger partial charge in [-0.15, -0.1) is 0 Å². The number of hydrogen-bond donors (Lipinski definition) is 1. The zero-order valence-corrected chi connectivity index (χ0v) is 11.4. The molecule has 1 aromatic rings. The Morgan fingerprint density at radius 2 is 2.35 bits per heavy atom. The van der Waals surface area contributed by atoms with E-state index in [1.165, 1.54) is 12.8 Å². The maximum atomic E-state index is 10.9. The molecule has 4 heteroatoms. The van der Waals surface area contributed by atoms with Gasteiger partial charge in [-0.05, 0) is 46.5 Å². The van der Waals surface area contributed by atoms with Crippen LogP contribution in [0.3, 0.4) is 0 Å². The largest absolute Gasteiger partial charge is 0.478 e. The Morgan fingerprint density at radius 3 is 2.88 bits per heavy atom. The van der Waals surface area contributed by atoms with E-state index in [1.54, 1.807) is 6.07 Å². The SMILES string of the molecule is CCC1CCN(c2ccc(C(=O)O)c(Br)c2)C1. The molecule has 92 valence electrons.